The van der Waals surface area contributed by atoms with Crippen molar-refractivity contribution < 1.29 is 0 Å². The molecule has 0 aromatic carbocycles. The minimum Gasteiger partial charge on any atom is -0.315 e. The lowest BCUT2D eigenvalue weighted by Crippen LogP contribution is -2.34. The fraction of sp³-hybridized carbons (Fsp3) is 1.00. The molecule has 1 saturated heterocycles. The van der Waals surface area contributed by atoms with Gasteiger partial charge in [0, 0.05) is 12.6 Å². The average molecular weight is 188 g/mol. The zero-order valence-electron chi connectivity index (χ0n) is 8.10. The standard InChI is InChI=1S/C9H20N2S/c1-8(7-12-2)5-11-9-3-4-10-6-9/h8-11H,3-7H2,1-2H3. The van der Waals surface area contributed by atoms with Crippen LogP contribution in [0.3, 0.4) is 0 Å². The first-order valence-electron chi connectivity index (χ1n) is 4.76. The molecule has 72 valence electrons. The van der Waals surface area contributed by atoms with E-state index in [1.807, 2.05) is 11.8 Å². The maximum Gasteiger partial charge on any atom is 0.0204 e. The van der Waals surface area contributed by atoms with Crippen LogP contribution in [0.5, 0.6) is 0 Å². The normalized spacial score (nSPS) is 26.0. The Morgan fingerprint density at radius 1 is 1.67 bits per heavy atom. The number of hydrogen-bond acceptors (Lipinski definition) is 3. The molecule has 0 spiro atoms. The molecule has 2 N–H and O–H groups in total. The second-order valence-corrected chi connectivity index (χ2v) is 4.57. The summed E-state index contributed by atoms with van der Waals surface area (Å²) >= 11 is 1.94. The van der Waals surface area contributed by atoms with Gasteiger partial charge < -0.3 is 10.6 Å². The molecule has 2 unspecified atom stereocenters. The summed E-state index contributed by atoms with van der Waals surface area (Å²) < 4.78 is 0. The number of thioether (sulfide) groups is 1. The summed E-state index contributed by atoms with van der Waals surface area (Å²) in [5, 5.41) is 6.95. The lowest BCUT2D eigenvalue weighted by Gasteiger charge is -2.15. The monoisotopic (exact) mass is 188 g/mol. The SMILES string of the molecule is CSCC(C)CNC1CCNC1. The molecule has 1 heterocycles. The fourth-order valence-corrected chi connectivity index (χ4v) is 2.23. The van der Waals surface area contributed by atoms with Crippen LogP contribution in [0.1, 0.15) is 13.3 Å². The smallest absolute Gasteiger partial charge is 0.0204 e. The summed E-state index contributed by atoms with van der Waals surface area (Å²) in [7, 11) is 0. The van der Waals surface area contributed by atoms with Crippen LogP contribution >= 0.6 is 11.8 Å². The Kier molecular flexibility index (Phi) is 5.04. The molecule has 0 radical (unpaired) electrons. The van der Waals surface area contributed by atoms with E-state index in [0.29, 0.717) is 0 Å². The Bertz CT molecular complexity index is 113. The van der Waals surface area contributed by atoms with Gasteiger partial charge in [-0.1, -0.05) is 6.92 Å². The Labute approximate surface area is 79.9 Å². The van der Waals surface area contributed by atoms with E-state index in [4.69, 9.17) is 0 Å². The van der Waals surface area contributed by atoms with Crippen molar-refractivity contribution in [3.8, 4) is 0 Å². The van der Waals surface area contributed by atoms with E-state index in [-0.39, 0.29) is 0 Å². The van der Waals surface area contributed by atoms with Crippen molar-refractivity contribution in [2.45, 2.75) is 19.4 Å². The van der Waals surface area contributed by atoms with E-state index in [1.54, 1.807) is 0 Å². The van der Waals surface area contributed by atoms with E-state index in [9.17, 15) is 0 Å². The molecule has 12 heavy (non-hydrogen) atoms. The van der Waals surface area contributed by atoms with Gasteiger partial charge in [0.1, 0.15) is 0 Å². The second kappa shape index (κ2) is 5.84. The predicted molar refractivity (Wildman–Crippen MR) is 56.8 cm³/mol. The second-order valence-electron chi connectivity index (χ2n) is 3.66. The Hall–Kier alpha value is 0.270. The van der Waals surface area contributed by atoms with Crippen LogP contribution in [-0.2, 0) is 0 Å². The van der Waals surface area contributed by atoms with Crippen molar-refractivity contribution >= 4 is 11.8 Å². The van der Waals surface area contributed by atoms with E-state index in [2.05, 4.69) is 23.8 Å². The summed E-state index contributed by atoms with van der Waals surface area (Å²) in [4.78, 5) is 0. The summed E-state index contributed by atoms with van der Waals surface area (Å²) in [6, 6.07) is 0.731. The molecule has 1 aliphatic heterocycles. The van der Waals surface area contributed by atoms with Crippen LogP contribution in [0.15, 0.2) is 0 Å². The van der Waals surface area contributed by atoms with E-state index >= 15 is 0 Å². The van der Waals surface area contributed by atoms with Gasteiger partial charge in [0.2, 0.25) is 0 Å². The molecule has 2 atom stereocenters. The maximum absolute atomic E-state index is 3.59. The highest BCUT2D eigenvalue weighted by Crippen LogP contribution is 2.04. The summed E-state index contributed by atoms with van der Waals surface area (Å²) in [5.41, 5.74) is 0. The molecule has 3 heteroatoms. The van der Waals surface area contributed by atoms with Gasteiger partial charge in [0.25, 0.3) is 0 Å². The van der Waals surface area contributed by atoms with E-state index < -0.39 is 0 Å². The molecular formula is C9H20N2S. The summed E-state index contributed by atoms with van der Waals surface area (Å²) in [5.74, 6) is 2.08. The highest BCUT2D eigenvalue weighted by atomic mass is 32.2. The number of nitrogens with one attached hydrogen (secondary N) is 2. The Balaban J connectivity index is 1.99. The molecule has 0 aromatic rings. The lowest BCUT2D eigenvalue weighted by molar-refractivity contribution is 0.487. The molecule has 0 aromatic heterocycles. The van der Waals surface area contributed by atoms with Crippen LogP contribution in [0.2, 0.25) is 0 Å². The van der Waals surface area contributed by atoms with Crippen LogP contribution in [0, 0.1) is 5.92 Å². The van der Waals surface area contributed by atoms with Crippen LogP contribution in [0.4, 0.5) is 0 Å². The first-order chi connectivity index (χ1) is 5.83. The van der Waals surface area contributed by atoms with Gasteiger partial charge >= 0.3 is 0 Å². The third-order valence-electron chi connectivity index (χ3n) is 2.27. The fourth-order valence-electron chi connectivity index (χ4n) is 1.54. The zero-order chi connectivity index (χ0) is 8.81. The predicted octanol–water partition coefficient (Wildman–Crippen LogP) is 0.937. The van der Waals surface area contributed by atoms with Gasteiger partial charge in [-0.2, -0.15) is 11.8 Å². The van der Waals surface area contributed by atoms with E-state index in [1.165, 1.54) is 25.3 Å². The lowest BCUT2D eigenvalue weighted by atomic mass is 10.2. The topological polar surface area (TPSA) is 24.1 Å². The first-order valence-corrected chi connectivity index (χ1v) is 6.15. The third-order valence-corrected chi connectivity index (χ3v) is 3.17. The quantitative estimate of drug-likeness (QED) is 0.671. The van der Waals surface area contributed by atoms with Crippen LogP contribution in [-0.4, -0.2) is 37.7 Å². The van der Waals surface area contributed by atoms with Gasteiger partial charge in [0.15, 0.2) is 0 Å². The molecule has 1 aliphatic rings. The molecule has 0 amide bonds. The zero-order valence-corrected chi connectivity index (χ0v) is 8.91. The highest BCUT2D eigenvalue weighted by molar-refractivity contribution is 7.98. The van der Waals surface area contributed by atoms with Gasteiger partial charge in [-0.3, -0.25) is 0 Å². The molecule has 0 aliphatic carbocycles. The van der Waals surface area contributed by atoms with Gasteiger partial charge in [-0.25, -0.2) is 0 Å². The van der Waals surface area contributed by atoms with Crippen molar-refractivity contribution in [3.05, 3.63) is 0 Å². The third kappa shape index (κ3) is 3.78. The Morgan fingerprint density at radius 3 is 3.08 bits per heavy atom. The largest absolute Gasteiger partial charge is 0.315 e. The van der Waals surface area contributed by atoms with Crippen molar-refractivity contribution in [2.24, 2.45) is 5.92 Å². The minimum absolute atomic E-state index is 0.731. The minimum atomic E-state index is 0.731. The molecule has 2 nitrogen and oxygen atoms in total. The molecular weight excluding hydrogens is 168 g/mol. The van der Waals surface area contributed by atoms with Crippen molar-refractivity contribution in [3.63, 3.8) is 0 Å². The van der Waals surface area contributed by atoms with Gasteiger partial charge in [-0.05, 0) is 37.4 Å². The van der Waals surface area contributed by atoms with Gasteiger partial charge in [-0.15, -0.1) is 0 Å². The maximum atomic E-state index is 3.59. The molecule has 0 saturated carbocycles. The summed E-state index contributed by atoms with van der Waals surface area (Å²) in [6.07, 6.45) is 3.47. The van der Waals surface area contributed by atoms with Crippen LogP contribution < -0.4 is 10.6 Å². The number of rotatable bonds is 5. The Morgan fingerprint density at radius 2 is 2.50 bits per heavy atom. The number of hydrogen-bond donors (Lipinski definition) is 2. The van der Waals surface area contributed by atoms with Gasteiger partial charge in [0.05, 0.1) is 0 Å². The van der Waals surface area contributed by atoms with Crippen LogP contribution in [0.25, 0.3) is 0 Å². The first kappa shape index (κ1) is 10.4. The van der Waals surface area contributed by atoms with Crippen molar-refractivity contribution in [1.82, 2.24) is 10.6 Å². The molecule has 0 bridgehead atoms. The average Bonchev–Trinajstić information content (AvgIpc) is 2.53. The van der Waals surface area contributed by atoms with Crippen molar-refractivity contribution in [1.29, 1.82) is 0 Å². The molecule has 1 fully saturated rings. The summed E-state index contributed by atoms with van der Waals surface area (Å²) in [6.45, 7) is 5.83. The highest BCUT2D eigenvalue weighted by Gasteiger charge is 2.13. The van der Waals surface area contributed by atoms with E-state index in [0.717, 1.165) is 18.5 Å². The molecule has 1 rings (SSSR count). The van der Waals surface area contributed by atoms with Crippen molar-refractivity contribution in [2.75, 3.05) is 31.6 Å².